The minimum Gasteiger partial charge on any atom is -0.207 e. The zero-order chi connectivity index (χ0) is 60.2. The summed E-state index contributed by atoms with van der Waals surface area (Å²) in [6.45, 7) is 47.3. The third-order valence-electron chi connectivity index (χ3n) is 15.9. The second-order valence-electron chi connectivity index (χ2n) is 23.2. The van der Waals surface area contributed by atoms with E-state index < -0.39 is 11.6 Å². The first kappa shape index (κ1) is 69.7. The van der Waals surface area contributed by atoms with Crippen LogP contribution in [0.25, 0.3) is 0 Å². The van der Waals surface area contributed by atoms with Gasteiger partial charge in [-0.05, 0) is 260 Å². The van der Waals surface area contributed by atoms with Crippen LogP contribution in [-0.4, -0.2) is 0 Å². The van der Waals surface area contributed by atoms with Gasteiger partial charge in [-0.2, -0.15) is 0 Å². The summed E-state index contributed by atoms with van der Waals surface area (Å²) in [6, 6.07) is 53.4. The van der Waals surface area contributed by atoms with Gasteiger partial charge < -0.3 is 0 Å². The summed E-state index contributed by atoms with van der Waals surface area (Å²) in [5.41, 5.74) is 27.2. The van der Waals surface area contributed by atoms with Crippen LogP contribution in [0.3, 0.4) is 0 Å². The molecule has 430 valence electrons. The monoisotopic (exact) mass is 1080 g/mol. The molecule has 1 fully saturated rings. The summed E-state index contributed by atoms with van der Waals surface area (Å²) in [4.78, 5) is 0. The third-order valence-corrected chi connectivity index (χ3v) is 15.9. The molecule has 0 N–H and O–H groups in total. The van der Waals surface area contributed by atoms with E-state index in [0.29, 0.717) is 17.8 Å². The lowest BCUT2D eigenvalue weighted by molar-refractivity contribution is 0.568. The molecule has 0 bridgehead atoms. The number of aryl methyl sites for hydroxylation is 11. The number of halogens is 2. The van der Waals surface area contributed by atoms with Crippen molar-refractivity contribution in [2.24, 2.45) is 0 Å². The third kappa shape index (κ3) is 24.1. The average molecular weight is 1080 g/mol. The Morgan fingerprint density at radius 3 is 0.912 bits per heavy atom. The molecule has 1 saturated carbocycles. The van der Waals surface area contributed by atoms with Crippen LogP contribution in [0.5, 0.6) is 0 Å². The van der Waals surface area contributed by atoms with E-state index in [1.165, 1.54) is 151 Å². The molecule has 0 aromatic heterocycles. The van der Waals surface area contributed by atoms with Gasteiger partial charge in [0.2, 0.25) is 0 Å². The largest absolute Gasteiger partial charge is 0.207 e. The van der Waals surface area contributed by atoms with Crippen molar-refractivity contribution in [1.29, 1.82) is 0 Å². The smallest absolute Gasteiger partial charge is 0.129 e. The summed E-state index contributed by atoms with van der Waals surface area (Å²) in [7, 11) is 0. The maximum absolute atomic E-state index is 12.3. The Kier molecular flexibility index (Phi) is 31.4. The average Bonchev–Trinajstić information content (AvgIpc) is 3.96. The van der Waals surface area contributed by atoms with Crippen LogP contribution in [-0.2, 0) is 0 Å². The van der Waals surface area contributed by atoms with Gasteiger partial charge in [-0.3, -0.25) is 0 Å². The van der Waals surface area contributed by atoms with Crippen molar-refractivity contribution in [1.82, 2.24) is 0 Å². The minimum absolute atomic E-state index is 0.0810. The molecule has 1 aliphatic carbocycles. The predicted octanol–water partition coefficient (Wildman–Crippen LogP) is 23.7. The van der Waals surface area contributed by atoms with E-state index in [-0.39, 0.29) is 5.56 Å². The van der Waals surface area contributed by atoms with Crippen LogP contribution in [0.4, 0.5) is 8.78 Å². The highest BCUT2D eigenvalue weighted by Crippen LogP contribution is 2.35. The number of hydrogen-bond donors (Lipinski definition) is 0. The molecule has 0 radical (unpaired) electrons. The Morgan fingerprint density at radius 1 is 0.287 bits per heavy atom. The lowest BCUT2D eigenvalue weighted by Crippen LogP contribution is -1.98. The van der Waals surface area contributed by atoms with Crippen LogP contribution < -0.4 is 0 Å². The lowest BCUT2D eigenvalue weighted by atomic mass is 9.90. The molecule has 0 amide bonds. The van der Waals surface area contributed by atoms with E-state index in [4.69, 9.17) is 0 Å². The molecule has 0 atom stereocenters. The Labute approximate surface area is 488 Å². The fourth-order valence-electron chi connectivity index (χ4n) is 9.73. The molecule has 8 aromatic carbocycles. The summed E-state index contributed by atoms with van der Waals surface area (Å²) in [5.74, 6) is 1.81. The van der Waals surface area contributed by atoms with Crippen molar-refractivity contribution in [2.45, 2.75) is 202 Å². The Bertz CT molecular complexity index is 2820. The summed E-state index contributed by atoms with van der Waals surface area (Å²) in [5, 5.41) is 0. The predicted molar refractivity (Wildman–Crippen MR) is 351 cm³/mol. The quantitative estimate of drug-likeness (QED) is 0.165. The van der Waals surface area contributed by atoms with Gasteiger partial charge >= 0.3 is 0 Å². The fourth-order valence-corrected chi connectivity index (χ4v) is 9.73. The van der Waals surface area contributed by atoms with E-state index in [9.17, 15) is 8.78 Å². The molecule has 2 heteroatoms. The van der Waals surface area contributed by atoms with Gasteiger partial charge in [0, 0.05) is 5.56 Å². The van der Waals surface area contributed by atoms with Gasteiger partial charge in [-0.15, -0.1) is 0 Å². The van der Waals surface area contributed by atoms with E-state index in [1.54, 1.807) is 5.56 Å². The molecular formula is C78H104F2. The van der Waals surface area contributed by atoms with E-state index in [1.807, 2.05) is 0 Å². The highest BCUT2D eigenvalue weighted by atomic mass is 19.1. The normalized spacial score (nSPS) is 11.3. The second kappa shape index (κ2) is 36.1. The van der Waals surface area contributed by atoms with Crippen LogP contribution >= 0.6 is 0 Å². The van der Waals surface area contributed by atoms with Crippen molar-refractivity contribution in [2.75, 3.05) is 0 Å². The summed E-state index contributed by atoms with van der Waals surface area (Å²) < 4.78 is 24.7. The van der Waals surface area contributed by atoms with Gasteiger partial charge in [0.15, 0.2) is 0 Å². The van der Waals surface area contributed by atoms with Gasteiger partial charge in [0.05, 0.1) is 0 Å². The van der Waals surface area contributed by atoms with Crippen molar-refractivity contribution in [3.05, 3.63) is 281 Å². The van der Waals surface area contributed by atoms with Crippen molar-refractivity contribution >= 4 is 0 Å². The molecule has 80 heavy (non-hydrogen) atoms. The first-order valence-corrected chi connectivity index (χ1v) is 29.4. The van der Waals surface area contributed by atoms with Gasteiger partial charge in [0.1, 0.15) is 11.6 Å². The molecule has 1 aliphatic rings. The van der Waals surface area contributed by atoms with Gasteiger partial charge in [-0.25, -0.2) is 8.78 Å². The highest BCUT2D eigenvalue weighted by molar-refractivity contribution is 5.39. The Balaban J connectivity index is 0.000000314. The summed E-state index contributed by atoms with van der Waals surface area (Å²) in [6.07, 6.45) is 5.67. The second-order valence-corrected chi connectivity index (χ2v) is 23.2. The SMILES string of the molecule is Cc1c(C(C)C)cccc1C(C)C.Cc1c(F)cccc1F.Cc1cc(C)c(C)c(C)c1.Cc1cccc(C)c1C.Cc1cccc(C)c1C.Cc1ccccc1C.Cc1ccccc1C(C)C.Cc1ccccc1C1CCCC1. The van der Waals surface area contributed by atoms with Crippen LogP contribution in [0.1, 0.15) is 202 Å². The molecule has 0 saturated heterocycles. The molecule has 0 aliphatic heterocycles. The topological polar surface area (TPSA) is 0 Å². The van der Waals surface area contributed by atoms with Crippen molar-refractivity contribution in [3.8, 4) is 0 Å². The van der Waals surface area contributed by atoms with Gasteiger partial charge in [-0.1, -0.05) is 206 Å². The van der Waals surface area contributed by atoms with Crippen LogP contribution in [0, 0.1) is 122 Å². The fraction of sp³-hybridized carbons (Fsp3) is 0.385. The standard InChI is InChI=1S/C13H20.C12H16.2C10H14.2C9H12.C8H10.C7H6F2/c1-9(2)12-7-6-8-13(10(3)4)11(12)5;1-10-6-2-5-9-12(10)11-7-3-4-8-11;1-7-5-8(2)10(4)9(3)6-7;1-8(2)10-7-5-4-6-9(10)3;2*1-7-5-4-6-8(2)9(7)3;1-7-5-3-4-6-8(7)2;1-5-6(8)3-2-4-7(5)9/h6-10H,1-5H3;2,5-6,9,11H,3-4,7-8H2,1H3;5-6H,1-4H3;4-8H,1-3H3;2*4-6H,1-3H3;3-6H,1-2H3;2-4H,1H3. The van der Waals surface area contributed by atoms with E-state index in [0.717, 1.165) is 5.92 Å². The van der Waals surface area contributed by atoms with E-state index >= 15 is 0 Å². The highest BCUT2D eigenvalue weighted by Gasteiger charge is 2.18. The molecule has 0 unspecified atom stereocenters. The number of rotatable bonds is 4. The Morgan fingerprint density at radius 2 is 0.588 bits per heavy atom. The molecule has 0 heterocycles. The first-order chi connectivity index (χ1) is 37.7. The first-order valence-electron chi connectivity index (χ1n) is 29.4. The number of benzene rings is 8. The van der Waals surface area contributed by atoms with Crippen molar-refractivity contribution < 1.29 is 8.78 Å². The van der Waals surface area contributed by atoms with Crippen LogP contribution in [0.15, 0.2) is 158 Å². The number of hydrogen-bond acceptors (Lipinski definition) is 0. The molecule has 8 aromatic rings. The minimum atomic E-state index is -0.491. The van der Waals surface area contributed by atoms with Gasteiger partial charge in [0.25, 0.3) is 0 Å². The summed E-state index contributed by atoms with van der Waals surface area (Å²) >= 11 is 0. The maximum Gasteiger partial charge on any atom is 0.129 e. The zero-order valence-corrected chi connectivity index (χ0v) is 53.9. The molecule has 0 spiro atoms. The molecule has 9 rings (SSSR count). The lowest BCUT2D eigenvalue weighted by Gasteiger charge is -2.16. The Hall–Kier alpha value is -6.38. The van der Waals surface area contributed by atoms with E-state index in [2.05, 4.69) is 285 Å². The molecular weight excluding hydrogens is 975 g/mol. The maximum atomic E-state index is 12.3. The van der Waals surface area contributed by atoms with Crippen LogP contribution in [0.2, 0.25) is 0 Å². The molecule has 0 nitrogen and oxygen atoms in total. The van der Waals surface area contributed by atoms with Crippen molar-refractivity contribution in [3.63, 3.8) is 0 Å². The zero-order valence-electron chi connectivity index (χ0n) is 53.9.